The summed E-state index contributed by atoms with van der Waals surface area (Å²) in [6, 6.07) is 3.50. The molecule has 0 radical (unpaired) electrons. The molecule has 0 aliphatic rings. The Balaban J connectivity index is 2.77. The Labute approximate surface area is 52.3 Å². The third-order valence-electron chi connectivity index (χ3n) is 0.703. The predicted molar refractivity (Wildman–Crippen MR) is 35.3 cm³/mol. The average Bonchev–Trinajstić information content (AvgIpc) is 2.12. The van der Waals surface area contributed by atoms with Gasteiger partial charge in [0, 0.05) is 0 Å². The van der Waals surface area contributed by atoms with E-state index in [1.165, 1.54) is 11.3 Å². The van der Waals surface area contributed by atoms with Crippen LogP contribution in [-0.4, -0.2) is 9.79 Å². The molecule has 0 fully saturated rings. The molecule has 0 saturated heterocycles. The molecule has 0 bridgehead atoms. The topological polar surface area (TPSA) is 40.5 Å². The lowest BCUT2D eigenvalue weighted by Gasteiger charge is -1.92. The van der Waals surface area contributed by atoms with Crippen molar-refractivity contribution in [2.24, 2.45) is 0 Å². The van der Waals surface area contributed by atoms with Gasteiger partial charge in [0.05, 0.1) is 4.62 Å². The van der Waals surface area contributed by atoms with Gasteiger partial charge in [-0.15, -0.1) is 11.3 Å². The van der Waals surface area contributed by atoms with E-state index in [0.29, 0.717) is 4.62 Å². The molecule has 1 aromatic rings. The highest BCUT2D eigenvalue weighted by atomic mass is 32.1. The van der Waals surface area contributed by atoms with Gasteiger partial charge in [0.1, 0.15) is 0 Å². The molecule has 1 heterocycles. The van der Waals surface area contributed by atoms with E-state index in [1.54, 1.807) is 12.1 Å². The molecule has 0 saturated carbocycles. The monoisotopic (exact) mass is 148 g/mol. The molecular formula is C4H5O2PS. The van der Waals surface area contributed by atoms with Gasteiger partial charge in [-0.3, -0.25) is 0 Å². The lowest BCUT2D eigenvalue weighted by molar-refractivity contribution is 0.498. The van der Waals surface area contributed by atoms with E-state index in [2.05, 4.69) is 0 Å². The van der Waals surface area contributed by atoms with Crippen LogP contribution in [0, 0.1) is 0 Å². The second-order valence-corrected chi connectivity index (χ2v) is 3.55. The molecule has 44 valence electrons. The minimum absolute atomic E-state index is 0.653. The normalized spacial score (nSPS) is 10.4. The zero-order chi connectivity index (χ0) is 5.98. The van der Waals surface area contributed by atoms with Crippen LogP contribution in [0.1, 0.15) is 0 Å². The van der Waals surface area contributed by atoms with E-state index in [-0.39, 0.29) is 0 Å². The molecular weight excluding hydrogens is 143 g/mol. The van der Waals surface area contributed by atoms with Crippen molar-refractivity contribution in [2.45, 2.75) is 0 Å². The first-order valence-corrected chi connectivity index (χ1v) is 4.15. The van der Waals surface area contributed by atoms with E-state index < -0.39 is 8.38 Å². The van der Waals surface area contributed by atoms with Gasteiger partial charge in [0.25, 0.3) is 0 Å². The zero-order valence-electron chi connectivity index (χ0n) is 3.98. The van der Waals surface area contributed by atoms with Crippen molar-refractivity contribution in [1.82, 2.24) is 0 Å². The Morgan fingerprint density at radius 2 is 2.25 bits per heavy atom. The molecule has 0 atom stereocenters. The van der Waals surface area contributed by atoms with Crippen LogP contribution in [0.4, 0.5) is 0 Å². The van der Waals surface area contributed by atoms with Crippen LogP contribution in [0.15, 0.2) is 17.5 Å². The maximum Gasteiger partial charge on any atom is 0.210 e. The first-order valence-electron chi connectivity index (χ1n) is 2.02. The summed E-state index contributed by atoms with van der Waals surface area (Å²) in [5.41, 5.74) is 0. The summed E-state index contributed by atoms with van der Waals surface area (Å²) in [6.45, 7) is 0. The van der Waals surface area contributed by atoms with Gasteiger partial charge in [-0.05, 0) is 11.4 Å². The number of rotatable bonds is 1. The van der Waals surface area contributed by atoms with Crippen LogP contribution in [0.3, 0.4) is 0 Å². The molecule has 2 nitrogen and oxygen atoms in total. The Kier molecular flexibility index (Phi) is 1.97. The van der Waals surface area contributed by atoms with Crippen molar-refractivity contribution in [1.29, 1.82) is 0 Å². The van der Waals surface area contributed by atoms with E-state index >= 15 is 0 Å². The first-order chi connectivity index (χ1) is 3.80. The van der Waals surface area contributed by atoms with E-state index in [9.17, 15) is 0 Å². The minimum Gasteiger partial charge on any atom is -0.346 e. The molecule has 0 aliphatic carbocycles. The fourth-order valence-corrected chi connectivity index (χ4v) is 1.62. The average molecular weight is 148 g/mol. The maximum absolute atomic E-state index is 8.54. The van der Waals surface area contributed by atoms with Crippen LogP contribution in [-0.2, 0) is 0 Å². The zero-order valence-corrected chi connectivity index (χ0v) is 5.69. The second-order valence-electron chi connectivity index (χ2n) is 1.24. The van der Waals surface area contributed by atoms with Crippen molar-refractivity contribution >= 4 is 24.3 Å². The van der Waals surface area contributed by atoms with Crippen molar-refractivity contribution in [3.8, 4) is 0 Å². The molecule has 0 aromatic carbocycles. The third kappa shape index (κ3) is 1.26. The fourth-order valence-electron chi connectivity index (χ4n) is 0.384. The highest BCUT2D eigenvalue weighted by Crippen LogP contribution is 2.24. The molecule has 1 rings (SSSR count). The largest absolute Gasteiger partial charge is 0.346 e. The third-order valence-corrected chi connectivity index (χ3v) is 2.72. The van der Waals surface area contributed by atoms with Crippen LogP contribution in [0.5, 0.6) is 0 Å². The predicted octanol–water partition coefficient (Wildman–Crippen LogP) is 0.670. The SMILES string of the molecule is OP(O)c1cccs1. The van der Waals surface area contributed by atoms with Crippen molar-refractivity contribution in [3.63, 3.8) is 0 Å². The molecule has 0 aliphatic heterocycles. The van der Waals surface area contributed by atoms with Gasteiger partial charge < -0.3 is 9.79 Å². The number of thiophene rings is 1. The Hall–Kier alpha value is 0.0500. The summed E-state index contributed by atoms with van der Waals surface area (Å²) >= 11 is 1.36. The maximum atomic E-state index is 8.54. The fraction of sp³-hybridized carbons (Fsp3) is 0. The molecule has 0 spiro atoms. The highest BCUT2D eigenvalue weighted by molar-refractivity contribution is 7.61. The summed E-state index contributed by atoms with van der Waals surface area (Å²) in [7, 11) is -1.84. The van der Waals surface area contributed by atoms with E-state index in [0.717, 1.165) is 0 Å². The van der Waals surface area contributed by atoms with Gasteiger partial charge in [0.15, 0.2) is 0 Å². The Morgan fingerprint density at radius 3 is 2.50 bits per heavy atom. The van der Waals surface area contributed by atoms with Gasteiger partial charge >= 0.3 is 0 Å². The first kappa shape index (κ1) is 6.17. The summed E-state index contributed by atoms with van der Waals surface area (Å²) in [5.74, 6) is 0. The molecule has 1 aromatic heterocycles. The molecule has 0 unspecified atom stereocenters. The van der Waals surface area contributed by atoms with Gasteiger partial charge in [0.2, 0.25) is 8.38 Å². The Bertz CT molecular complexity index is 149. The van der Waals surface area contributed by atoms with Crippen LogP contribution in [0.25, 0.3) is 0 Å². The van der Waals surface area contributed by atoms with Gasteiger partial charge in [-0.25, -0.2) is 0 Å². The molecule has 4 heteroatoms. The van der Waals surface area contributed by atoms with Gasteiger partial charge in [-0.1, -0.05) is 6.07 Å². The summed E-state index contributed by atoms with van der Waals surface area (Å²) < 4.78 is 0.653. The second kappa shape index (κ2) is 2.55. The summed E-state index contributed by atoms with van der Waals surface area (Å²) in [5, 5.41) is 1.82. The van der Waals surface area contributed by atoms with Crippen molar-refractivity contribution in [2.75, 3.05) is 0 Å². The van der Waals surface area contributed by atoms with E-state index in [4.69, 9.17) is 9.79 Å². The number of hydrogen-bond donors (Lipinski definition) is 2. The van der Waals surface area contributed by atoms with E-state index in [1.807, 2.05) is 5.38 Å². The van der Waals surface area contributed by atoms with Crippen molar-refractivity contribution in [3.05, 3.63) is 17.5 Å². The van der Waals surface area contributed by atoms with Gasteiger partial charge in [-0.2, -0.15) is 0 Å². The highest BCUT2D eigenvalue weighted by Gasteiger charge is 2.01. The lowest BCUT2D eigenvalue weighted by Crippen LogP contribution is -1.88. The summed E-state index contributed by atoms with van der Waals surface area (Å²) in [6.07, 6.45) is 0. The lowest BCUT2D eigenvalue weighted by atomic mass is 10.7. The van der Waals surface area contributed by atoms with Crippen LogP contribution in [0.2, 0.25) is 0 Å². The number of hydrogen-bond acceptors (Lipinski definition) is 3. The van der Waals surface area contributed by atoms with Crippen molar-refractivity contribution < 1.29 is 9.79 Å². The quantitative estimate of drug-likeness (QED) is 0.574. The molecule has 2 N–H and O–H groups in total. The Morgan fingerprint density at radius 1 is 1.50 bits per heavy atom. The minimum atomic E-state index is -1.84. The molecule has 0 amide bonds. The summed E-state index contributed by atoms with van der Waals surface area (Å²) in [4.78, 5) is 17.1. The van der Waals surface area contributed by atoms with Crippen LogP contribution < -0.4 is 4.62 Å². The standard InChI is InChI=1S/C4H5O2PS/c5-7(6)4-2-1-3-8-4/h1-3,5-6H. The smallest absolute Gasteiger partial charge is 0.210 e. The van der Waals surface area contributed by atoms with Crippen LogP contribution >= 0.6 is 19.7 Å². The molecule has 8 heavy (non-hydrogen) atoms.